The smallest absolute Gasteiger partial charge is 0.251 e. The molecule has 0 aliphatic heterocycles. The zero-order chi connectivity index (χ0) is 13.7. The molecule has 0 saturated heterocycles. The fourth-order valence-corrected chi connectivity index (χ4v) is 2.74. The average Bonchev–Trinajstić information content (AvgIpc) is 2.85. The topological polar surface area (TPSA) is 41.1 Å². The molecule has 1 saturated carbocycles. The van der Waals surface area contributed by atoms with Gasteiger partial charge in [0.25, 0.3) is 5.91 Å². The Bertz CT molecular complexity index is 419. The number of hydrogen-bond donors (Lipinski definition) is 2. The summed E-state index contributed by atoms with van der Waals surface area (Å²) in [6.45, 7) is 6.02. The molecule has 0 bridgehead atoms. The first-order valence-electron chi connectivity index (χ1n) is 7.25. The molecule has 1 aliphatic rings. The fraction of sp³-hybridized carbons (Fsp3) is 0.562. The van der Waals surface area contributed by atoms with Crippen molar-refractivity contribution in [1.82, 2.24) is 5.32 Å². The highest BCUT2D eigenvalue weighted by molar-refractivity contribution is 5.94. The zero-order valence-electron chi connectivity index (χ0n) is 12.0. The van der Waals surface area contributed by atoms with E-state index in [0.29, 0.717) is 5.41 Å². The van der Waals surface area contributed by atoms with Gasteiger partial charge in [0.2, 0.25) is 0 Å². The quantitative estimate of drug-likeness (QED) is 0.851. The largest absolute Gasteiger partial charge is 0.385 e. The Morgan fingerprint density at radius 1 is 1.21 bits per heavy atom. The van der Waals surface area contributed by atoms with Crippen LogP contribution in [0.15, 0.2) is 24.3 Å². The van der Waals surface area contributed by atoms with Gasteiger partial charge in [-0.15, -0.1) is 0 Å². The van der Waals surface area contributed by atoms with Crippen molar-refractivity contribution in [2.45, 2.75) is 39.5 Å². The Balaban J connectivity index is 1.88. The summed E-state index contributed by atoms with van der Waals surface area (Å²) in [6.07, 6.45) is 5.05. The molecular weight excluding hydrogens is 236 g/mol. The highest BCUT2D eigenvalue weighted by Gasteiger charge is 2.28. The van der Waals surface area contributed by atoms with Gasteiger partial charge in [0.1, 0.15) is 0 Å². The van der Waals surface area contributed by atoms with Crippen molar-refractivity contribution in [3.63, 3.8) is 0 Å². The van der Waals surface area contributed by atoms with Gasteiger partial charge in [0, 0.05) is 24.3 Å². The molecule has 0 atom stereocenters. The van der Waals surface area contributed by atoms with Gasteiger partial charge >= 0.3 is 0 Å². The van der Waals surface area contributed by atoms with E-state index in [9.17, 15) is 4.79 Å². The predicted octanol–water partition coefficient (Wildman–Crippen LogP) is 3.43. The van der Waals surface area contributed by atoms with Gasteiger partial charge in [-0.05, 0) is 49.4 Å². The summed E-state index contributed by atoms with van der Waals surface area (Å²) in [4.78, 5) is 12.1. The first-order chi connectivity index (χ1) is 9.13. The van der Waals surface area contributed by atoms with E-state index in [1.807, 2.05) is 24.3 Å². The number of amides is 1. The lowest BCUT2D eigenvalue weighted by Gasteiger charge is -2.23. The third-order valence-electron chi connectivity index (χ3n) is 4.01. The van der Waals surface area contributed by atoms with Crippen molar-refractivity contribution >= 4 is 11.6 Å². The van der Waals surface area contributed by atoms with Crippen LogP contribution >= 0.6 is 0 Å². The average molecular weight is 260 g/mol. The highest BCUT2D eigenvalue weighted by Crippen LogP contribution is 2.36. The van der Waals surface area contributed by atoms with Crippen molar-refractivity contribution in [3.8, 4) is 0 Å². The Kier molecular flexibility index (Phi) is 4.46. The van der Waals surface area contributed by atoms with E-state index in [1.165, 1.54) is 25.7 Å². The first kappa shape index (κ1) is 13.9. The molecular formula is C16H24N2O. The minimum absolute atomic E-state index is 0.0381. The number of anilines is 1. The van der Waals surface area contributed by atoms with Crippen LogP contribution in [-0.2, 0) is 0 Å². The third-order valence-corrected chi connectivity index (χ3v) is 4.01. The standard InChI is InChI=1S/C16H24N2O/c1-3-17-14-8-6-13(7-9-14)15(19)18-12-16(2)10-4-5-11-16/h6-9,17H,3-5,10-12H2,1-2H3,(H,18,19). The summed E-state index contributed by atoms with van der Waals surface area (Å²) in [5.74, 6) is 0.0381. The second-order valence-corrected chi connectivity index (χ2v) is 5.81. The van der Waals surface area contributed by atoms with Gasteiger partial charge < -0.3 is 10.6 Å². The summed E-state index contributed by atoms with van der Waals surface area (Å²) in [5.41, 5.74) is 2.10. The van der Waals surface area contributed by atoms with Gasteiger partial charge in [-0.25, -0.2) is 0 Å². The predicted molar refractivity (Wildman–Crippen MR) is 79.5 cm³/mol. The van der Waals surface area contributed by atoms with Crippen LogP contribution in [0, 0.1) is 5.41 Å². The van der Waals surface area contributed by atoms with Crippen LogP contribution in [-0.4, -0.2) is 19.0 Å². The Morgan fingerprint density at radius 3 is 2.42 bits per heavy atom. The minimum Gasteiger partial charge on any atom is -0.385 e. The Hall–Kier alpha value is -1.51. The number of hydrogen-bond acceptors (Lipinski definition) is 2. The maximum atomic E-state index is 12.1. The molecule has 19 heavy (non-hydrogen) atoms. The fourth-order valence-electron chi connectivity index (χ4n) is 2.74. The van der Waals surface area contributed by atoms with E-state index in [4.69, 9.17) is 0 Å². The van der Waals surface area contributed by atoms with E-state index >= 15 is 0 Å². The molecule has 0 unspecified atom stereocenters. The van der Waals surface area contributed by atoms with Crippen LogP contribution < -0.4 is 10.6 Å². The molecule has 1 aromatic rings. The lowest BCUT2D eigenvalue weighted by atomic mass is 9.89. The molecule has 1 amide bonds. The molecule has 2 N–H and O–H groups in total. The maximum absolute atomic E-state index is 12.1. The normalized spacial score (nSPS) is 17.2. The van der Waals surface area contributed by atoms with Gasteiger partial charge in [0.05, 0.1) is 0 Å². The summed E-state index contributed by atoms with van der Waals surface area (Å²) in [5, 5.41) is 6.30. The number of benzene rings is 1. The Labute approximate surface area is 115 Å². The van der Waals surface area contributed by atoms with E-state index in [2.05, 4.69) is 24.5 Å². The van der Waals surface area contributed by atoms with Crippen molar-refractivity contribution in [1.29, 1.82) is 0 Å². The molecule has 0 heterocycles. The second kappa shape index (κ2) is 6.09. The van der Waals surface area contributed by atoms with E-state index in [0.717, 1.165) is 24.3 Å². The molecule has 1 fully saturated rings. The van der Waals surface area contributed by atoms with Gasteiger partial charge in [-0.3, -0.25) is 4.79 Å². The van der Waals surface area contributed by atoms with Crippen LogP contribution in [0.4, 0.5) is 5.69 Å². The molecule has 2 rings (SSSR count). The first-order valence-corrected chi connectivity index (χ1v) is 7.25. The van der Waals surface area contributed by atoms with Crippen molar-refractivity contribution in [2.75, 3.05) is 18.4 Å². The molecule has 0 spiro atoms. The van der Waals surface area contributed by atoms with Crippen LogP contribution in [0.25, 0.3) is 0 Å². The summed E-state index contributed by atoms with van der Waals surface area (Å²) in [6, 6.07) is 7.67. The van der Waals surface area contributed by atoms with Gasteiger partial charge in [0.15, 0.2) is 0 Å². The minimum atomic E-state index is 0.0381. The molecule has 0 aromatic heterocycles. The van der Waals surface area contributed by atoms with Crippen LogP contribution in [0.3, 0.4) is 0 Å². The van der Waals surface area contributed by atoms with Crippen molar-refractivity contribution < 1.29 is 4.79 Å². The lowest BCUT2D eigenvalue weighted by molar-refractivity contribution is 0.0934. The van der Waals surface area contributed by atoms with Crippen LogP contribution in [0.2, 0.25) is 0 Å². The number of carbonyl (C=O) groups is 1. The molecule has 104 valence electrons. The van der Waals surface area contributed by atoms with Gasteiger partial charge in [-0.1, -0.05) is 19.8 Å². The maximum Gasteiger partial charge on any atom is 0.251 e. The molecule has 3 nitrogen and oxygen atoms in total. The van der Waals surface area contributed by atoms with Crippen molar-refractivity contribution in [2.24, 2.45) is 5.41 Å². The van der Waals surface area contributed by atoms with E-state index < -0.39 is 0 Å². The number of carbonyl (C=O) groups excluding carboxylic acids is 1. The van der Waals surface area contributed by atoms with Gasteiger partial charge in [-0.2, -0.15) is 0 Å². The third kappa shape index (κ3) is 3.72. The second-order valence-electron chi connectivity index (χ2n) is 5.81. The number of nitrogens with one attached hydrogen (secondary N) is 2. The summed E-state index contributed by atoms with van der Waals surface area (Å²) < 4.78 is 0. The van der Waals surface area contributed by atoms with E-state index in [-0.39, 0.29) is 5.91 Å². The number of rotatable bonds is 5. The zero-order valence-corrected chi connectivity index (χ0v) is 12.0. The van der Waals surface area contributed by atoms with E-state index in [1.54, 1.807) is 0 Å². The summed E-state index contributed by atoms with van der Waals surface area (Å²) in [7, 11) is 0. The molecule has 0 radical (unpaired) electrons. The molecule has 1 aromatic carbocycles. The molecule has 1 aliphatic carbocycles. The monoisotopic (exact) mass is 260 g/mol. The van der Waals surface area contributed by atoms with Crippen LogP contribution in [0.1, 0.15) is 49.9 Å². The Morgan fingerprint density at radius 2 is 1.84 bits per heavy atom. The van der Waals surface area contributed by atoms with Crippen molar-refractivity contribution in [3.05, 3.63) is 29.8 Å². The highest BCUT2D eigenvalue weighted by atomic mass is 16.1. The summed E-state index contributed by atoms with van der Waals surface area (Å²) >= 11 is 0. The lowest BCUT2D eigenvalue weighted by Crippen LogP contribution is -2.34. The SMILES string of the molecule is CCNc1ccc(C(=O)NCC2(C)CCCC2)cc1. The molecule has 3 heteroatoms. The van der Waals surface area contributed by atoms with Crippen LogP contribution in [0.5, 0.6) is 0 Å².